The zero-order valence-electron chi connectivity index (χ0n) is 9.61. The van der Waals surface area contributed by atoms with Gasteiger partial charge in [0.05, 0.1) is 0 Å². The van der Waals surface area contributed by atoms with E-state index in [-0.39, 0.29) is 36.7 Å². The molecule has 1 rings (SSSR count). The SMILES string of the molecule is Cc1cc(C)cc(CS(=O)(=O)O)c1.[H-].[Na+]. The fraction of sp³-hybridized carbons (Fsp3) is 0.333. The molecule has 0 amide bonds. The van der Waals surface area contributed by atoms with E-state index in [2.05, 4.69) is 0 Å². The van der Waals surface area contributed by atoms with E-state index in [1.54, 1.807) is 12.1 Å². The van der Waals surface area contributed by atoms with Gasteiger partial charge in [-0.3, -0.25) is 4.55 Å². The second-order valence-electron chi connectivity index (χ2n) is 3.22. The molecule has 1 N–H and O–H groups in total. The van der Waals surface area contributed by atoms with Crippen molar-refractivity contribution in [3.05, 3.63) is 34.9 Å². The summed E-state index contributed by atoms with van der Waals surface area (Å²) in [4.78, 5) is 0. The predicted octanol–water partition coefficient (Wildman–Crippen LogP) is -1.19. The molecule has 0 aliphatic rings. The van der Waals surface area contributed by atoms with Gasteiger partial charge >= 0.3 is 29.6 Å². The van der Waals surface area contributed by atoms with E-state index < -0.39 is 10.1 Å². The van der Waals surface area contributed by atoms with E-state index in [1.807, 2.05) is 19.9 Å². The zero-order chi connectivity index (χ0) is 10.1. The minimum atomic E-state index is -3.91. The van der Waals surface area contributed by atoms with Crippen molar-refractivity contribution in [2.45, 2.75) is 19.6 Å². The van der Waals surface area contributed by atoms with E-state index in [1.165, 1.54) is 0 Å². The Hall–Kier alpha value is 0.130. The van der Waals surface area contributed by atoms with E-state index in [0.29, 0.717) is 5.56 Å². The molecule has 0 atom stereocenters. The number of benzene rings is 1. The number of aryl methyl sites for hydroxylation is 2. The van der Waals surface area contributed by atoms with E-state index in [0.717, 1.165) is 11.1 Å². The van der Waals surface area contributed by atoms with Crippen LogP contribution >= 0.6 is 0 Å². The summed E-state index contributed by atoms with van der Waals surface area (Å²) in [6.45, 7) is 3.78. The van der Waals surface area contributed by atoms with Gasteiger partial charge in [-0.05, 0) is 19.4 Å². The summed E-state index contributed by atoms with van der Waals surface area (Å²) in [5.41, 5.74) is 2.62. The molecule has 0 aliphatic heterocycles. The van der Waals surface area contributed by atoms with E-state index in [9.17, 15) is 8.42 Å². The summed E-state index contributed by atoms with van der Waals surface area (Å²) >= 11 is 0. The molecule has 0 fully saturated rings. The molecule has 0 radical (unpaired) electrons. The first-order valence-electron chi connectivity index (χ1n) is 3.89. The number of hydrogen-bond acceptors (Lipinski definition) is 2. The van der Waals surface area contributed by atoms with Gasteiger partial charge in [-0.1, -0.05) is 29.3 Å². The number of rotatable bonds is 2. The third-order valence-electron chi connectivity index (χ3n) is 1.63. The average molecular weight is 224 g/mol. The van der Waals surface area contributed by atoms with Gasteiger partial charge in [-0.15, -0.1) is 0 Å². The normalized spacial score (nSPS) is 10.8. The minimum Gasteiger partial charge on any atom is -1.00 e. The zero-order valence-corrected chi connectivity index (χ0v) is 11.4. The van der Waals surface area contributed by atoms with Crippen LogP contribution in [0.5, 0.6) is 0 Å². The van der Waals surface area contributed by atoms with Crippen LogP contribution in [0.2, 0.25) is 0 Å². The van der Waals surface area contributed by atoms with Crippen LogP contribution in [0, 0.1) is 13.8 Å². The number of hydrogen-bond donors (Lipinski definition) is 1. The molecule has 0 unspecified atom stereocenters. The quantitative estimate of drug-likeness (QED) is 0.507. The maximum atomic E-state index is 10.6. The second-order valence-corrected chi connectivity index (χ2v) is 4.67. The fourth-order valence-corrected chi connectivity index (χ4v) is 1.95. The maximum Gasteiger partial charge on any atom is 1.00 e. The third-order valence-corrected chi connectivity index (χ3v) is 2.33. The monoisotopic (exact) mass is 224 g/mol. The maximum absolute atomic E-state index is 10.6. The van der Waals surface area contributed by atoms with Crippen LogP contribution in [0.25, 0.3) is 0 Å². The molecule has 1 aromatic rings. The molecule has 0 spiro atoms. The Balaban J connectivity index is 0. The topological polar surface area (TPSA) is 54.4 Å². The summed E-state index contributed by atoms with van der Waals surface area (Å²) in [7, 11) is -3.91. The van der Waals surface area contributed by atoms with Crippen LogP contribution in [0.15, 0.2) is 18.2 Å². The van der Waals surface area contributed by atoms with Gasteiger partial charge in [-0.2, -0.15) is 8.42 Å². The Morgan fingerprint density at radius 2 is 1.64 bits per heavy atom. The van der Waals surface area contributed by atoms with Crippen molar-refractivity contribution in [2.24, 2.45) is 0 Å². The Kier molecular flexibility index (Phi) is 5.33. The molecule has 3 nitrogen and oxygen atoms in total. The Bertz CT molecular complexity index is 397. The molecule has 0 heterocycles. The molecule has 0 saturated carbocycles. The second kappa shape index (κ2) is 5.28. The van der Waals surface area contributed by atoms with Crippen molar-refractivity contribution in [3.63, 3.8) is 0 Å². The van der Waals surface area contributed by atoms with Crippen LogP contribution in [0.3, 0.4) is 0 Å². The average Bonchev–Trinajstić information content (AvgIpc) is 1.78. The Morgan fingerprint density at radius 1 is 1.21 bits per heavy atom. The first kappa shape index (κ1) is 14.1. The van der Waals surface area contributed by atoms with Gasteiger partial charge in [0.25, 0.3) is 10.1 Å². The predicted molar refractivity (Wildman–Crippen MR) is 52.3 cm³/mol. The van der Waals surface area contributed by atoms with Crippen LogP contribution in [0.1, 0.15) is 18.1 Å². The third kappa shape index (κ3) is 5.12. The molecule has 5 heteroatoms. The molecule has 1 aromatic carbocycles. The summed E-state index contributed by atoms with van der Waals surface area (Å²) in [6.07, 6.45) is 0. The standard InChI is InChI=1S/C9H12O3S.Na.H/c1-7-3-8(2)5-9(4-7)6-13(10,11)12;;/h3-5H,6H2,1-2H3,(H,10,11,12);;/q;+1;-1. The molecular weight excluding hydrogens is 211 g/mol. The molecule has 0 bridgehead atoms. The molecule has 0 saturated heterocycles. The minimum absolute atomic E-state index is 0. The Labute approximate surface area is 108 Å². The van der Waals surface area contributed by atoms with E-state index in [4.69, 9.17) is 4.55 Å². The van der Waals surface area contributed by atoms with Crippen LogP contribution < -0.4 is 29.6 Å². The molecule has 14 heavy (non-hydrogen) atoms. The molecule has 0 aliphatic carbocycles. The van der Waals surface area contributed by atoms with Crippen molar-refractivity contribution in [2.75, 3.05) is 0 Å². The first-order chi connectivity index (χ1) is 5.87. The Morgan fingerprint density at radius 3 is 2.00 bits per heavy atom. The van der Waals surface area contributed by atoms with Crippen molar-refractivity contribution in [1.29, 1.82) is 0 Å². The van der Waals surface area contributed by atoms with Crippen LogP contribution in [-0.2, 0) is 15.9 Å². The summed E-state index contributed by atoms with van der Waals surface area (Å²) in [6, 6.07) is 5.45. The van der Waals surface area contributed by atoms with Gasteiger partial charge in [0.2, 0.25) is 0 Å². The summed E-state index contributed by atoms with van der Waals surface area (Å²) < 4.78 is 29.8. The first-order valence-corrected chi connectivity index (χ1v) is 5.50. The van der Waals surface area contributed by atoms with Crippen molar-refractivity contribution >= 4 is 10.1 Å². The van der Waals surface area contributed by atoms with Crippen molar-refractivity contribution in [3.8, 4) is 0 Å². The fourth-order valence-electron chi connectivity index (χ4n) is 1.36. The van der Waals surface area contributed by atoms with Crippen molar-refractivity contribution < 1.29 is 44.0 Å². The van der Waals surface area contributed by atoms with E-state index >= 15 is 0 Å². The summed E-state index contributed by atoms with van der Waals surface area (Å²) in [5, 5.41) is 0. The van der Waals surface area contributed by atoms with Gasteiger partial charge in [0.15, 0.2) is 0 Å². The van der Waals surface area contributed by atoms with Crippen molar-refractivity contribution in [1.82, 2.24) is 0 Å². The molecular formula is C9H13NaO3S. The van der Waals surface area contributed by atoms with Crippen LogP contribution in [-0.4, -0.2) is 13.0 Å². The van der Waals surface area contributed by atoms with Gasteiger partial charge in [0.1, 0.15) is 5.75 Å². The largest absolute Gasteiger partial charge is 1.00 e. The smallest absolute Gasteiger partial charge is 1.00 e. The van der Waals surface area contributed by atoms with Gasteiger partial charge < -0.3 is 1.43 Å². The van der Waals surface area contributed by atoms with Gasteiger partial charge in [0, 0.05) is 0 Å². The van der Waals surface area contributed by atoms with Crippen LogP contribution in [0.4, 0.5) is 0 Å². The summed E-state index contributed by atoms with van der Waals surface area (Å²) in [5.74, 6) is -0.310. The molecule has 0 aromatic heterocycles. The van der Waals surface area contributed by atoms with Gasteiger partial charge in [-0.25, -0.2) is 0 Å². The molecule has 74 valence electrons.